The van der Waals surface area contributed by atoms with Gasteiger partial charge in [-0.15, -0.1) is 0 Å². The molecular formula is C30H31N5O3. The van der Waals surface area contributed by atoms with Crippen LogP contribution in [-0.2, 0) is 11.2 Å². The van der Waals surface area contributed by atoms with Crippen LogP contribution in [0, 0.1) is 17.2 Å². The summed E-state index contributed by atoms with van der Waals surface area (Å²) in [7, 11) is 0. The molecule has 38 heavy (non-hydrogen) atoms. The number of amides is 2. The second-order valence-corrected chi connectivity index (χ2v) is 9.88. The van der Waals surface area contributed by atoms with Gasteiger partial charge >= 0.3 is 0 Å². The van der Waals surface area contributed by atoms with Gasteiger partial charge in [-0.1, -0.05) is 12.1 Å². The molecule has 0 radical (unpaired) electrons. The second kappa shape index (κ2) is 11.9. The third-order valence-electron chi connectivity index (χ3n) is 7.41. The molecule has 1 aromatic carbocycles. The molecule has 2 fully saturated rings. The van der Waals surface area contributed by atoms with Crippen LogP contribution < -0.4 is 4.74 Å². The minimum Gasteiger partial charge on any atom is -0.490 e. The van der Waals surface area contributed by atoms with E-state index < -0.39 is 0 Å². The Morgan fingerprint density at radius 2 is 1.76 bits per heavy atom. The third-order valence-corrected chi connectivity index (χ3v) is 7.41. The molecule has 8 nitrogen and oxygen atoms in total. The SMILES string of the molecule is N#C/C=C/Cc1cc(OC2CCN(C(=O)C3CCN(C(=O)c4cccnc4)CC3)CC2)c2cnccc2c1. The summed E-state index contributed by atoms with van der Waals surface area (Å²) in [6.07, 6.45) is 13.8. The summed E-state index contributed by atoms with van der Waals surface area (Å²) in [5, 5.41) is 10.8. The topological polar surface area (TPSA) is 99.4 Å². The predicted octanol–water partition coefficient (Wildman–Crippen LogP) is 4.17. The molecule has 0 atom stereocenters. The van der Waals surface area contributed by atoms with Gasteiger partial charge in [0.25, 0.3) is 5.91 Å². The summed E-state index contributed by atoms with van der Waals surface area (Å²) in [5.74, 6) is 0.928. The van der Waals surface area contributed by atoms with Crippen molar-refractivity contribution in [3.8, 4) is 11.8 Å². The fourth-order valence-electron chi connectivity index (χ4n) is 5.32. The number of piperidine rings is 2. The van der Waals surface area contributed by atoms with Gasteiger partial charge in [0.15, 0.2) is 0 Å². The van der Waals surface area contributed by atoms with Crippen LogP contribution in [0.15, 0.2) is 67.3 Å². The number of fused-ring (bicyclic) bond motifs is 1. The lowest BCUT2D eigenvalue weighted by molar-refractivity contribution is -0.138. The number of likely N-dealkylation sites (tertiary alicyclic amines) is 2. The summed E-state index contributed by atoms with van der Waals surface area (Å²) in [6.45, 7) is 2.51. The van der Waals surface area contributed by atoms with E-state index in [1.54, 1.807) is 30.7 Å². The molecule has 0 N–H and O–H groups in total. The molecule has 2 aromatic heterocycles. The minimum absolute atomic E-state index is 0.0187. The highest BCUT2D eigenvalue weighted by atomic mass is 16.5. The Morgan fingerprint density at radius 1 is 1.00 bits per heavy atom. The largest absolute Gasteiger partial charge is 0.490 e. The monoisotopic (exact) mass is 509 g/mol. The van der Waals surface area contributed by atoms with Gasteiger partial charge in [0, 0.05) is 81.2 Å². The highest BCUT2D eigenvalue weighted by molar-refractivity contribution is 5.94. The normalized spacial score (nSPS) is 17.0. The molecule has 0 aliphatic carbocycles. The standard InChI is InChI=1S/C30H31N5O3/c31-11-2-1-4-22-18-24-6-13-33-21-27(24)28(19-22)38-26-9-16-35(17-10-26)29(36)23-7-14-34(15-8-23)30(37)25-5-3-12-32-20-25/h1-3,5-6,12-13,18-21,23,26H,4,7-10,14-17H2/b2-1+. The molecule has 3 aromatic rings. The zero-order valence-corrected chi connectivity index (χ0v) is 21.3. The number of ether oxygens (including phenoxy) is 1. The predicted molar refractivity (Wildman–Crippen MR) is 143 cm³/mol. The zero-order valence-electron chi connectivity index (χ0n) is 21.3. The van der Waals surface area contributed by atoms with Crippen molar-refractivity contribution in [3.63, 3.8) is 0 Å². The average Bonchev–Trinajstić information content (AvgIpc) is 2.97. The number of carbonyl (C=O) groups is 2. The second-order valence-electron chi connectivity index (χ2n) is 9.88. The average molecular weight is 510 g/mol. The highest BCUT2D eigenvalue weighted by Gasteiger charge is 2.33. The van der Waals surface area contributed by atoms with Gasteiger partial charge in [0.1, 0.15) is 11.9 Å². The van der Waals surface area contributed by atoms with Gasteiger partial charge in [0.2, 0.25) is 5.91 Å². The quantitative estimate of drug-likeness (QED) is 0.463. The van der Waals surface area contributed by atoms with Crippen LogP contribution in [0.3, 0.4) is 0 Å². The van der Waals surface area contributed by atoms with Crippen molar-refractivity contribution < 1.29 is 14.3 Å². The molecule has 194 valence electrons. The van der Waals surface area contributed by atoms with Crippen molar-refractivity contribution in [1.82, 2.24) is 19.8 Å². The Balaban J connectivity index is 1.15. The summed E-state index contributed by atoms with van der Waals surface area (Å²) >= 11 is 0. The van der Waals surface area contributed by atoms with Crippen LogP contribution in [0.2, 0.25) is 0 Å². The number of hydrogen-bond donors (Lipinski definition) is 0. The fourth-order valence-corrected chi connectivity index (χ4v) is 5.32. The van der Waals surface area contributed by atoms with Crippen molar-refractivity contribution in [2.24, 2.45) is 5.92 Å². The molecule has 4 heterocycles. The Labute approximate surface area is 222 Å². The van der Waals surface area contributed by atoms with E-state index in [2.05, 4.69) is 16.0 Å². The number of hydrogen-bond acceptors (Lipinski definition) is 6. The molecular weight excluding hydrogens is 478 g/mol. The van der Waals surface area contributed by atoms with E-state index in [4.69, 9.17) is 10.00 Å². The maximum atomic E-state index is 13.2. The number of aromatic nitrogens is 2. The smallest absolute Gasteiger partial charge is 0.255 e. The van der Waals surface area contributed by atoms with Crippen molar-refractivity contribution in [2.75, 3.05) is 26.2 Å². The molecule has 8 heteroatoms. The molecule has 2 amide bonds. The number of allylic oxidation sites excluding steroid dienone is 2. The zero-order chi connectivity index (χ0) is 26.3. The van der Waals surface area contributed by atoms with Gasteiger partial charge < -0.3 is 14.5 Å². The summed E-state index contributed by atoms with van der Waals surface area (Å²) in [5.41, 5.74) is 1.67. The van der Waals surface area contributed by atoms with Crippen LogP contribution in [0.4, 0.5) is 0 Å². The number of nitrogens with zero attached hydrogens (tertiary/aromatic N) is 5. The van der Waals surface area contributed by atoms with Gasteiger partial charge in [-0.3, -0.25) is 19.6 Å². The molecule has 2 aliphatic heterocycles. The fraction of sp³-hybridized carbons (Fsp3) is 0.367. The first kappa shape index (κ1) is 25.4. The van der Waals surface area contributed by atoms with E-state index in [1.165, 1.54) is 6.08 Å². The maximum Gasteiger partial charge on any atom is 0.255 e. The Kier molecular flexibility index (Phi) is 7.93. The van der Waals surface area contributed by atoms with E-state index in [1.807, 2.05) is 40.3 Å². The Morgan fingerprint density at radius 3 is 2.50 bits per heavy atom. The van der Waals surface area contributed by atoms with E-state index in [0.717, 1.165) is 34.9 Å². The van der Waals surface area contributed by atoms with Crippen LogP contribution in [-0.4, -0.2) is 63.9 Å². The maximum absolute atomic E-state index is 13.2. The Bertz CT molecular complexity index is 1350. The number of rotatable bonds is 6. The number of carbonyl (C=O) groups excluding carboxylic acids is 2. The van der Waals surface area contributed by atoms with E-state index in [0.29, 0.717) is 51.0 Å². The molecule has 2 saturated heterocycles. The molecule has 0 unspecified atom stereocenters. The van der Waals surface area contributed by atoms with Crippen LogP contribution >= 0.6 is 0 Å². The molecule has 2 aliphatic rings. The number of nitriles is 1. The summed E-state index contributed by atoms with van der Waals surface area (Å²) in [4.78, 5) is 38.0. The van der Waals surface area contributed by atoms with Crippen molar-refractivity contribution >= 4 is 22.6 Å². The molecule has 0 spiro atoms. The van der Waals surface area contributed by atoms with Gasteiger partial charge in [-0.05, 0) is 54.5 Å². The third kappa shape index (κ3) is 5.83. The van der Waals surface area contributed by atoms with Gasteiger partial charge in [-0.25, -0.2) is 0 Å². The van der Waals surface area contributed by atoms with Crippen LogP contribution in [0.1, 0.15) is 41.6 Å². The van der Waals surface area contributed by atoms with Crippen molar-refractivity contribution in [3.05, 3.63) is 78.4 Å². The van der Waals surface area contributed by atoms with Crippen LogP contribution in [0.5, 0.6) is 5.75 Å². The number of benzene rings is 1. The lowest BCUT2D eigenvalue weighted by atomic mass is 9.93. The van der Waals surface area contributed by atoms with E-state index >= 15 is 0 Å². The van der Waals surface area contributed by atoms with E-state index in [-0.39, 0.29) is 23.8 Å². The first-order chi connectivity index (χ1) is 18.6. The highest BCUT2D eigenvalue weighted by Crippen LogP contribution is 2.30. The van der Waals surface area contributed by atoms with Crippen LogP contribution in [0.25, 0.3) is 10.8 Å². The van der Waals surface area contributed by atoms with Crippen molar-refractivity contribution in [1.29, 1.82) is 5.26 Å². The number of pyridine rings is 2. The lowest BCUT2D eigenvalue weighted by Crippen LogP contribution is -2.47. The first-order valence-electron chi connectivity index (χ1n) is 13.2. The van der Waals surface area contributed by atoms with Crippen molar-refractivity contribution in [2.45, 2.75) is 38.2 Å². The molecule has 5 rings (SSSR count). The Hall–Kier alpha value is -4.25. The van der Waals surface area contributed by atoms with Gasteiger partial charge in [-0.2, -0.15) is 5.26 Å². The molecule has 0 saturated carbocycles. The first-order valence-corrected chi connectivity index (χ1v) is 13.2. The summed E-state index contributed by atoms with van der Waals surface area (Å²) < 4.78 is 6.46. The lowest BCUT2D eigenvalue weighted by Gasteiger charge is -2.37. The van der Waals surface area contributed by atoms with Gasteiger partial charge in [0.05, 0.1) is 11.6 Å². The minimum atomic E-state index is -0.0430. The summed E-state index contributed by atoms with van der Waals surface area (Å²) in [6, 6.07) is 11.7. The van der Waals surface area contributed by atoms with E-state index in [9.17, 15) is 9.59 Å². The molecule has 0 bridgehead atoms.